The summed E-state index contributed by atoms with van der Waals surface area (Å²) in [5.74, 6) is 1.18. The quantitative estimate of drug-likeness (QED) is 0.760. The van der Waals surface area contributed by atoms with Crippen molar-refractivity contribution in [1.29, 1.82) is 0 Å². The van der Waals surface area contributed by atoms with Crippen LogP contribution in [0.4, 0.5) is 5.82 Å². The van der Waals surface area contributed by atoms with Gasteiger partial charge in [-0.2, -0.15) is 0 Å². The molecule has 4 heteroatoms. The van der Waals surface area contributed by atoms with Crippen molar-refractivity contribution in [3.63, 3.8) is 0 Å². The number of aromatic nitrogens is 1. The first-order valence-electron chi connectivity index (χ1n) is 4.10. The van der Waals surface area contributed by atoms with Gasteiger partial charge < -0.3 is 4.90 Å². The van der Waals surface area contributed by atoms with Crippen molar-refractivity contribution in [2.75, 3.05) is 18.0 Å². The normalized spacial score (nSPS) is 17.2. The van der Waals surface area contributed by atoms with E-state index in [0.717, 1.165) is 0 Å². The first kappa shape index (κ1) is 9.99. The molecule has 0 saturated carbocycles. The number of thiazole rings is 1. The Kier molecular flexibility index (Phi) is 4.01. The van der Waals surface area contributed by atoms with Gasteiger partial charge >= 0.3 is 0 Å². The Hall–Kier alpha value is -0.0900. The van der Waals surface area contributed by atoms with Crippen molar-refractivity contribution in [2.24, 2.45) is 0 Å². The molecule has 0 bridgehead atoms. The maximum absolute atomic E-state index is 4.28. The van der Waals surface area contributed by atoms with Crippen LogP contribution in [0.25, 0.3) is 0 Å². The average Bonchev–Trinajstić information content (AvgIpc) is 2.58. The Morgan fingerprint density at radius 3 is 2.58 bits per heavy atom. The van der Waals surface area contributed by atoms with Crippen LogP contribution in [0.2, 0.25) is 0 Å². The molecule has 0 radical (unpaired) electrons. The molecule has 68 valence electrons. The van der Waals surface area contributed by atoms with Gasteiger partial charge in [-0.15, -0.1) is 28.3 Å². The summed E-state index contributed by atoms with van der Waals surface area (Å²) < 4.78 is 0. The van der Waals surface area contributed by atoms with Gasteiger partial charge in [-0.25, -0.2) is 4.98 Å². The monoisotopic (exact) mass is 248 g/mol. The molecule has 0 spiro atoms. The minimum Gasteiger partial charge on any atom is -0.356 e. The van der Waals surface area contributed by atoms with Crippen LogP contribution in [0, 0.1) is 0 Å². The van der Waals surface area contributed by atoms with Gasteiger partial charge in [0.25, 0.3) is 0 Å². The summed E-state index contributed by atoms with van der Waals surface area (Å²) in [6.07, 6.45) is 4.05. The van der Waals surface area contributed by atoms with Crippen LogP contribution in [0.3, 0.4) is 0 Å². The van der Waals surface area contributed by atoms with E-state index in [-0.39, 0.29) is 17.0 Å². The Labute approximate surface area is 87.4 Å². The van der Waals surface area contributed by atoms with Crippen molar-refractivity contribution in [1.82, 2.24) is 4.98 Å². The lowest BCUT2D eigenvalue weighted by Crippen LogP contribution is -2.29. The summed E-state index contributed by atoms with van der Waals surface area (Å²) in [5.41, 5.74) is 1.91. The molecule has 2 rings (SSSR count). The van der Waals surface area contributed by atoms with Crippen LogP contribution in [-0.4, -0.2) is 18.1 Å². The van der Waals surface area contributed by atoms with Gasteiger partial charge in [0.05, 0.1) is 5.51 Å². The van der Waals surface area contributed by atoms with Gasteiger partial charge in [0.1, 0.15) is 5.82 Å². The van der Waals surface area contributed by atoms with Gasteiger partial charge in [0.15, 0.2) is 0 Å². The fourth-order valence-electron chi connectivity index (χ4n) is 1.49. The van der Waals surface area contributed by atoms with E-state index in [1.54, 1.807) is 11.3 Å². The predicted octanol–water partition coefficient (Wildman–Crippen LogP) is 2.71. The highest BCUT2D eigenvalue weighted by Crippen LogP contribution is 2.18. The van der Waals surface area contributed by atoms with Crippen molar-refractivity contribution >= 4 is 34.1 Å². The van der Waals surface area contributed by atoms with E-state index in [4.69, 9.17) is 0 Å². The number of hydrogen-bond acceptors (Lipinski definition) is 3. The molecule has 2 heterocycles. The number of rotatable bonds is 1. The molecule has 1 saturated heterocycles. The Morgan fingerprint density at radius 1 is 1.25 bits per heavy atom. The second-order valence-corrected chi connectivity index (χ2v) is 3.61. The molecule has 12 heavy (non-hydrogen) atoms. The Bertz CT molecular complexity index is 207. The number of nitrogens with zero attached hydrogens (tertiary/aromatic N) is 2. The third-order valence-electron chi connectivity index (χ3n) is 2.10. The third-order valence-corrected chi connectivity index (χ3v) is 2.67. The fourth-order valence-corrected chi connectivity index (χ4v) is 2.05. The molecule has 2 nitrogen and oxygen atoms in total. The molecular weight excluding hydrogens is 236 g/mol. The molecule has 0 aromatic carbocycles. The molecule has 1 fully saturated rings. The van der Waals surface area contributed by atoms with E-state index < -0.39 is 0 Å². The molecule has 1 aromatic heterocycles. The van der Waals surface area contributed by atoms with Crippen LogP contribution in [0.1, 0.15) is 19.3 Å². The summed E-state index contributed by atoms with van der Waals surface area (Å²) in [7, 11) is 0. The topological polar surface area (TPSA) is 16.1 Å². The van der Waals surface area contributed by atoms with Crippen molar-refractivity contribution in [2.45, 2.75) is 19.3 Å². The lowest BCUT2D eigenvalue weighted by molar-refractivity contribution is 0.574. The zero-order chi connectivity index (χ0) is 7.52. The van der Waals surface area contributed by atoms with Crippen LogP contribution < -0.4 is 4.90 Å². The van der Waals surface area contributed by atoms with Crippen LogP contribution in [0.5, 0.6) is 0 Å². The summed E-state index contributed by atoms with van der Waals surface area (Å²) in [4.78, 5) is 6.66. The van der Waals surface area contributed by atoms with Gasteiger partial charge in [0.2, 0.25) is 0 Å². The molecule has 1 aliphatic rings. The smallest absolute Gasteiger partial charge is 0.139 e. The molecule has 0 N–H and O–H groups in total. The zero-order valence-electron chi connectivity index (χ0n) is 6.90. The molecular formula is C8H13BrN2S. The number of hydrogen-bond donors (Lipinski definition) is 0. The van der Waals surface area contributed by atoms with E-state index in [1.165, 1.54) is 38.2 Å². The largest absolute Gasteiger partial charge is 0.356 e. The molecule has 0 amide bonds. The fraction of sp³-hybridized carbons (Fsp3) is 0.625. The predicted molar refractivity (Wildman–Crippen MR) is 58.5 cm³/mol. The molecule has 1 aromatic rings. The highest BCUT2D eigenvalue weighted by Gasteiger charge is 2.11. The second kappa shape index (κ2) is 4.82. The van der Waals surface area contributed by atoms with Crippen molar-refractivity contribution in [3.8, 4) is 0 Å². The van der Waals surface area contributed by atoms with E-state index in [2.05, 4.69) is 15.3 Å². The molecule has 0 atom stereocenters. The van der Waals surface area contributed by atoms with Crippen LogP contribution >= 0.6 is 28.3 Å². The van der Waals surface area contributed by atoms with Gasteiger partial charge in [-0.05, 0) is 19.3 Å². The van der Waals surface area contributed by atoms with Crippen molar-refractivity contribution in [3.05, 3.63) is 10.9 Å². The summed E-state index contributed by atoms with van der Waals surface area (Å²) in [5, 5.41) is 2.13. The Balaban J connectivity index is 0.000000720. The van der Waals surface area contributed by atoms with Crippen LogP contribution in [-0.2, 0) is 0 Å². The molecule has 0 unspecified atom stereocenters. The summed E-state index contributed by atoms with van der Waals surface area (Å²) in [6.45, 7) is 2.40. The lowest BCUT2D eigenvalue weighted by Gasteiger charge is -2.26. The standard InChI is InChI=1S/C8H12N2S.BrH/c1-2-4-10(5-3-1)8-6-11-7-9-8;/h6-7H,1-5H2;1H. The van der Waals surface area contributed by atoms with Gasteiger partial charge in [0, 0.05) is 18.5 Å². The van der Waals surface area contributed by atoms with Gasteiger partial charge in [-0.3, -0.25) is 0 Å². The number of anilines is 1. The zero-order valence-corrected chi connectivity index (χ0v) is 9.43. The maximum Gasteiger partial charge on any atom is 0.139 e. The highest BCUT2D eigenvalue weighted by atomic mass is 79.9. The minimum atomic E-state index is 0. The average molecular weight is 249 g/mol. The van der Waals surface area contributed by atoms with Crippen LogP contribution in [0.15, 0.2) is 10.9 Å². The van der Waals surface area contributed by atoms with E-state index >= 15 is 0 Å². The highest BCUT2D eigenvalue weighted by molar-refractivity contribution is 8.93. The Morgan fingerprint density at radius 2 is 2.00 bits per heavy atom. The first-order valence-corrected chi connectivity index (χ1v) is 5.04. The van der Waals surface area contributed by atoms with Crippen molar-refractivity contribution < 1.29 is 0 Å². The molecule has 1 aliphatic heterocycles. The van der Waals surface area contributed by atoms with E-state index in [0.29, 0.717) is 0 Å². The third kappa shape index (κ3) is 2.20. The van der Waals surface area contributed by atoms with E-state index in [1.807, 2.05) is 5.51 Å². The molecule has 0 aliphatic carbocycles. The first-order chi connectivity index (χ1) is 5.47. The maximum atomic E-state index is 4.28. The summed E-state index contributed by atoms with van der Waals surface area (Å²) in [6, 6.07) is 0. The second-order valence-electron chi connectivity index (χ2n) is 2.89. The van der Waals surface area contributed by atoms with Gasteiger partial charge in [-0.1, -0.05) is 0 Å². The minimum absolute atomic E-state index is 0. The SMILES string of the molecule is Br.c1nc(N2CCCCC2)cs1. The van der Waals surface area contributed by atoms with E-state index in [9.17, 15) is 0 Å². The number of piperidine rings is 1. The lowest BCUT2D eigenvalue weighted by atomic mass is 10.1. The summed E-state index contributed by atoms with van der Waals surface area (Å²) >= 11 is 1.68. The number of halogens is 1.